The standard InChI is InChI=1S/C15H20N2O3/c1-15(2,3)20-14(19)17-8-12-5-4-11(7-16-10-18)6-13(12)9-17/h4-6,10H,7-9H2,1-3H3,(H,16,18). The summed E-state index contributed by atoms with van der Waals surface area (Å²) < 4.78 is 5.38. The van der Waals surface area contributed by atoms with Crippen molar-refractivity contribution in [2.75, 3.05) is 0 Å². The fraction of sp³-hybridized carbons (Fsp3) is 0.467. The second kappa shape index (κ2) is 5.53. The molecule has 0 aliphatic carbocycles. The Bertz CT molecular complexity index is 520. The van der Waals surface area contributed by atoms with Gasteiger partial charge in [0, 0.05) is 19.6 Å². The highest BCUT2D eigenvalue weighted by atomic mass is 16.6. The highest BCUT2D eigenvalue weighted by Crippen LogP contribution is 2.25. The van der Waals surface area contributed by atoms with Gasteiger partial charge in [0.1, 0.15) is 5.60 Å². The first-order valence-electron chi connectivity index (χ1n) is 6.65. The van der Waals surface area contributed by atoms with Gasteiger partial charge in [-0.2, -0.15) is 0 Å². The van der Waals surface area contributed by atoms with Crippen molar-refractivity contribution in [1.82, 2.24) is 10.2 Å². The summed E-state index contributed by atoms with van der Waals surface area (Å²) in [5.41, 5.74) is 2.79. The van der Waals surface area contributed by atoms with Gasteiger partial charge in [-0.25, -0.2) is 4.79 Å². The molecule has 1 aromatic carbocycles. The van der Waals surface area contributed by atoms with Crippen LogP contribution in [-0.4, -0.2) is 23.0 Å². The lowest BCUT2D eigenvalue weighted by Gasteiger charge is -2.24. The molecule has 0 atom stereocenters. The Morgan fingerprint density at radius 2 is 2.05 bits per heavy atom. The van der Waals surface area contributed by atoms with Crippen molar-refractivity contribution in [2.24, 2.45) is 0 Å². The molecule has 20 heavy (non-hydrogen) atoms. The number of carbonyl (C=O) groups is 2. The van der Waals surface area contributed by atoms with E-state index in [1.54, 1.807) is 4.90 Å². The molecule has 0 radical (unpaired) electrons. The summed E-state index contributed by atoms with van der Waals surface area (Å²) in [4.78, 5) is 24.0. The van der Waals surface area contributed by atoms with E-state index in [0.29, 0.717) is 26.0 Å². The molecule has 2 amide bonds. The lowest BCUT2D eigenvalue weighted by Crippen LogP contribution is -2.33. The number of hydrogen-bond donors (Lipinski definition) is 1. The van der Waals surface area contributed by atoms with Gasteiger partial charge in [0.25, 0.3) is 0 Å². The Morgan fingerprint density at radius 1 is 1.35 bits per heavy atom. The van der Waals surface area contributed by atoms with E-state index in [1.165, 1.54) is 0 Å². The molecule has 108 valence electrons. The predicted octanol–water partition coefficient (Wildman–Crippen LogP) is 2.18. The van der Waals surface area contributed by atoms with Crippen LogP contribution in [0.3, 0.4) is 0 Å². The van der Waals surface area contributed by atoms with Crippen LogP contribution >= 0.6 is 0 Å². The Hall–Kier alpha value is -2.04. The van der Waals surface area contributed by atoms with Crippen molar-refractivity contribution in [3.05, 3.63) is 34.9 Å². The van der Waals surface area contributed by atoms with E-state index in [-0.39, 0.29) is 6.09 Å². The first kappa shape index (κ1) is 14.4. The van der Waals surface area contributed by atoms with E-state index in [2.05, 4.69) is 5.32 Å². The first-order chi connectivity index (χ1) is 9.39. The average Bonchev–Trinajstić information content (AvgIpc) is 2.77. The molecule has 1 aliphatic rings. The minimum atomic E-state index is -0.481. The van der Waals surface area contributed by atoms with E-state index in [4.69, 9.17) is 4.74 Å². The van der Waals surface area contributed by atoms with Crippen molar-refractivity contribution < 1.29 is 14.3 Å². The number of carbonyl (C=O) groups excluding carboxylic acids is 2. The number of hydrogen-bond acceptors (Lipinski definition) is 3. The predicted molar refractivity (Wildman–Crippen MR) is 74.8 cm³/mol. The van der Waals surface area contributed by atoms with Gasteiger partial charge in [0.2, 0.25) is 6.41 Å². The van der Waals surface area contributed by atoms with Crippen LogP contribution in [0, 0.1) is 0 Å². The Morgan fingerprint density at radius 3 is 2.70 bits per heavy atom. The van der Waals surface area contributed by atoms with Gasteiger partial charge in [0.05, 0.1) is 0 Å². The largest absolute Gasteiger partial charge is 0.444 e. The van der Waals surface area contributed by atoms with Gasteiger partial charge in [0.15, 0.2) is 0 Å². The maximum Gasteiger partial charge on any atom is 0.410 e. The molecule has 0 aromatic heterocycles. The molecule has 2 rings (SSSR count). The number of amides is 2. The lowest BCUT2D eigenvalue weighted by atomic mass is 10.1. The van der Waals surface area contributed by atoms with Gasteiger partial charge in [-0.3, -0.25) is 9.69 Å². The summed E-state index contributed by atoms with van der Waals surface area (Å²) in [6, 6.07) is 5.99. The Labute approximate surface area is 118 Å². The highest BCUT2D eigenvalue weighted by Gasteiger charge is 2.27. The molecule has 1 N–H and O–H groups in total. The van der Waals surface area contributed by atoms with Crippen molar-refractivity contribution in [3.8, 4) is 0 Å². The van der Waals surface area contributed by atoms with Gasteiger partial charge < -0.3 is 10.1 Å². The normalized spacial score (nSPS) is 13.8. The highest BCUT2D eigenvalue weighted by molar-refractivity contribution is 5.69. The van der Waals surface area contributed by atoms with Crippen molar-refractivity contribution >= 4 is 12.5 Å². The van der Waals surface area contributed by atoms with E-state index in [0.717, 1.165) is 16.7 Å². The van der Waals surface area contributed by atoms with E-state index >= 15 is 0 Å². The van der Waals surface area contributed by atoms with Crippen LogP contribution in [0.5, 0.6) is 0 Å². The molecule has 1 heterocycles. The number of fused-ring (bicyclic) bond motifs is 1. The summed E-state index contributed by atoms with van der Waals surface area (Å²) in [7, 11) is 0. The molecular formula is C15H20N2O3. The number of nitrogens with zero attached hydrogens (tertiary/aromatic N) is 1. The second-order valence-corrected chi connectivity index (χ2v) is 5.94. The van der Waals surface area contributed by atoms with Crippen molar-refractivity contribution in [1.29, 1.82) is 0 Å². The fourth-order valence-corrected chi connectivity index (χ4v) is 2.17. The molecule has 0 fully saturated rings. The van der Waals surface area contributed by atoms with Crippen LogP contribution in [0.15, 0.2) is 18.2 Å². The molecule has 0 unspecified atom stereocenters. The van der Waals surface area contributed by atoms with Crippen molar-refractivity contribution in [2.45, 2.75) is 46.0 Å². The molecule has 0 saturated carbocycles. The van der Waals surface area contributed by atoms with Crippen LogP contribution in [0.2, 0.25) is 0 Å². The van der Waals surface area contributed by atoms with Crippen LogP contribution in [0.25, 0.3) is 0 Å². The van der Waals surface area contributed by atoms with Gasteiger partial charge in [-0.1, -0.05) is 18.2 Å². The number of benzene rings is 1. The smallest absolute Gasteiger partial charge is 0.410 e. The molecule has 1 aliphatic heterocycles. The van der Waals surface area contributed by atoms with E-state index in [1.807, 2.05) is 39.0 Å². The quantitative estimate of drug-likeness (QED) is 0.861. The zero-order chi connectivity index (χ0) is 14.8. The third-order valence-corrected chi connectivity index (χ3v) is 3.03. The molecule has 1 aromatic rings. The van der Waals surface area contributed by atoms with E-state index in [9.17, 15) is 9.59 Å². The minimum Gasteiger partial charge on any atom is -0.444 e. The summed E-state index contributed by atoms with van der Waals surface area (Å²) in [5.74, 6) is 0. The first-order valence-corrected chi connectivity index (χ1v) is 6.65. The third kappa shape index (κ3) is 3.50. The molecule has 5 heteroatoms. The monoisotopic (exact) mass is 276 g/mol. The second-order valence-electron chi connectivity index (χ2n) is 5.94. The summed E-state index contributed by atoms with van der Waals surface area (Å²) in [5, 5.41) is 2.63. The topological polar surface area (TPSA) is 58.6 Å². The lowest BCUT2D eigenvalue weighted by molar-refractivity contribution is -0.109. The third-order valence-electron chi connectivity index (χ3n) is 3.03. The molecule has 0 spiro atoms. The zero-order valence-electron chi connectivity index (χ0n) is 12.1. The molecule has 5 nitrogen and oxygen atoms in total. The zero-order valence-corrected chi connectivity index (χ0v) is 12.1. The summed E-state index contributed by atoms with van der Waals surface area (Å²) >= 11 is 0. The van der Waals surface area contributed by atoms with Crippen LogP contribution < -0.4 is 5.32 Å². The Balaban J connectivity index is 2.03. The SMILES string of the molecule is CC(C)(C)OC(=O)N1Cc2ccc(CNC=O)cc2C1. The summed E-state index contributed by atoms with van der Waals surface area (Å²) in [6.45, 7) is 7.21. The number of rotatable bonds is 3. The number of nitrogens with one attached hydrogen (secondary N) is 1. The van der Waals surface area contributed by atoms with Crippen LogP contribution in [-0.2, 0) is 29.2 Å². The summed E-state index contributed by atoms with van der Waals surface area (Å²) in [6.07, 6.45) is 0.390. The van der Waals surface area contributed by atoms with Crippen LogP contribution in [0.1, 0.15) is 37.5 Å². The average molecular weight is 276 g/mol. The number of ether oxygens (including phenoxy) is 1. The van der Waals surface area contributed by atoms with Crippen molar-refractivity contribution in [3.63, 3.8) is 0 Å². The molecule has 0 bridgehead atoms. The maximum atomic E-state index is 12.0. The molecular weight excluding hydrogens is 256 g/mol. The molecule has 0 saturated heterocycles. The Kier molecular flexibility index (Phi) is 3.97. The fourth-order valence-electron chi connectivity index (χ4n) is 2.17. The van der Waals surface area contributed by atoms with E-state index < -0.39 is 5.60 Å². The van der Waals surface area contributed by atoms with Gasteiger partial charge in [-0.15, -0.1) is 0 Å². The van der Waals surface area contributed by atoms with Gasteiger partial charge >= 0.3 is 6.09 Å². The van der Waals surface area contributed by atoms with Crippen LogP contribution in [0.4, 0.5) is 4.79 Å². The maximum absolute atomic E-state index is 12.0. The minimum absolute atomic E-state index is 0.290. The van der Waals surface area contributed by atoms with Gasteiger partial charge in [-0.05, 0) is 37.5 Å².